The monoisotopic (exact) mass is 178 g/mol. The van der Waals surface area contributed by atoms with Crippen LogP contribution in [0.3, 0.4) is 0 Å². The zero-order valence-corrected chi connectivity index (χ0v) is 9.08. The predicted octanol–water partition coefficient (Wildman–Crippen LogP) is -3.15. The topological polar surface area (TPSA) is 57.2 Å². The minimum atomic E-state index is -4.05. The molecule has 0 amide bonds. The van der Waals surface area contributed by atoms with Crippen LogP contribution in [0, 0.1) is 0 Å². The summed E-state index contributed by atoms with van der Waals surface area (Å²) in [7, 11) is -4.05. The van der Waals surface area contributed by atoms with Gasteiger partial charge in [0.25, 0.3) is 0 Å². The molecule has 0 aliphatic heterocycles. The van der Waals surface area contributed by atoms with Crippen LogP contribution in [-0.4, -0.2) is 24.0 Å². The van der Waals surface area contributed by atoms with Gasteiger partial charge in [-0.2, -0.15) is 12.6 Å². The quantitative estimate of drug-likeness (QED) is 0.276. The maximum atomic E-state index is 9.84. The van der Waals surface area contributed by atoms with Gasteiger partial charge in [-0.05, 0) is 0 Å². The Morgan fingerprint density at radius 1 is 1.67 bits per heavy atom. The summed E-state index contributed by atoms with van der Waals surface area (Å²) in [6, 6.07) is 0. The summed E-state index contributed by atoms with van der Waals surface area (Å²) >= 11 is 3.71. The molecule has 1 atom stereocenters. The molecular weight excluding hydrogens is 171 g/mol. The SMILES string of the molecule is CC(S)CS(=O)(=O)[O-].[Na+]. The fraction of sp³-hybridized carbons (Fsp3) is 1.00. The molecule has 0 aliphatic rings. The van der Waals surface area contributed by atoms with Gasteiger partial charge in [0.15, 0.2) is 0 Å². The molecule has 0 aromatic rings. The van der Waals surface area contributed by atoms with Crippen molar-refractivity contribution in [3.63, 3.8) is 0 Å². The Morgan fingerprint density at radius 3 is 2.00 bits per heavy atom. The Kier molecular flexibility index (Phi) is 7.14. The van der Waals surface area contributed by atoms with E-state index in [0.29, 0.717) is 0 Å². The Balaban J connectivity index is 0. The summed E-state index contributed by atoms with van der Waals surface area (Å²) in [5.41, 5.74) is 0. The first-order chi connectivity index (χ1) is 3.42. The van der Waals surface area contributed by atoms with Gasteiger partial charge in [-0.25, -0.2) is 8.42 Å². The van der Waals surface area contributed by atoms with E-state index in [1.165, 1.54) is 0 Å². The Hall–Kier alpha value is 1.26. The normalized spacial score (nSPS) is 14.1. The third kappa shape index (κ3) is 12.5. The standard InChI is InChI=1S/C3H8O3S2.Na/c1-3(7)2-8(4,5)6;/h3,7H,2H2,1H3,(H,4,5,6);/q;+1/p-1. The van der Waals surface area contributed by atoms with Gasteiger partial charge in [-0.3, -0.25) is 0 Å². The Morgan fingerprint density at radius 2 is 2.00 bits per heavy atom. The van der Waals surface area contributed by atoms with Gasteiger partial charge < -0.3 is 4.55 Å². The van der Waals surface area contributed by atoms with Crippen molar-refractivity contribution >= 4 is 22.7 Å². The maximum absolute atomic E-state index is 9.84. The molecule has 9 heavy (non-hydrogen) atoms. The van der Waals surface area contributed by atoms with Gasteiger partial charge in [0.1, 0.15) is 0 Å². The summed E-state index contributed by atoms with van der Waals surface area (Å²) in [5.74, 6) is -0.393. The van der Waals surface area contributed by atoms with Gasteiger partial charge in [-0.1, -0.05) is 6.92 Å². The van der Waals surface area contributed by atoms with Crippen LogP contribution in [0.1, 0.15) is 6.92 Å². The first kappa shape index (κ1) is 12.9. The number of rotatable bonds is 2. The molecule has 1 unspecified atom stereocenters. The van der Waals surface area contributed by atoms with E-state index in [4.69, 9.17) is 0 Å². The Bertz CT molecular complexity index is 150. The molecule has 0 aromatic heterocycles. The molecule has 0 heterocycles. The van der Waals surface area contributed by atoms with E-state index in [1.807, 2.05) is 0 Å². The van der Waals surface area contributed by atoms with Crippen molar-refractivity contribution in [1.82, 2.24) is 0 Å². The number of hydrogen-bond acceptors (Lipinski definition) is 4. The third-order valence-electron chi connectivity index (χ3n) is 0.445. The zero-order valence-electron chi connectivity index (χ0n) is 5.36. The summed E-state index contributed by atoms with van der Waals surface area (Å²) in [4.78, 5) is 0. The van der Waals surface area contributed by atoms with Gasteiger partial charge in [0.2, 0.25) is 0 Å². The fourth-order valence-corrected chi connectivity index (χ4v) is 1.43. The van der Waals surface area contributed by atoms with E-state index in [1.54, 1.807) is 6.92 Å². The van der Waals surface area contributed by atoms with Crippen LogP contribution in [0.25, 0.3) is 0 Å². The minimum Gasteiger partial charge on any atom is -0.748 e. The van der Waals surface area contributed by atoms with Crippen molar-refractivity contribution < 1.29 is 42.5 Å². The van der Waals surface area contributed by atoms with Crippen molar-refractivity contribution in [3.8, 4) is 0 Å². The molecule has 50 valence electrons. The van der Waals surface area contributed by atoms with Crippen LogP contribution >= 0.6 is 12.6 Å². The summed E-state index contributed by atoms with van der Waals surface area (Å²) < 4.78 is 29.5. The molecule has 0 bridgehead atoms. The van der Waals surface area contributed by atoms with E-state index in [2.05, 4.69) is 12.6 Å². The van der Waals surface area contributed by atoms with Crippen LogP contribution in [0.15, 0.2) is 0 Å². The molecule has 3 nitrogen and oxygen atoms in total. The molecule has 0 spiro atoms. The summed E-state index contributed by atoms with van der Waals surface area (Å²) in [5, 5.41) is -0.363. The first-order valence-corrected chi connectivity index (χ1v) is 4.13. The summed E-state index contributed by atoms with van der Waals surface area (Å²) in [6.45, 7) is 1.55. The fourth-order valence-electron chi connectivity index (χ4n) is 0.295. The largest absolute Gasteiger partial charge is 1.00 e. The van der Waals surface area contributed by atoms with Gasteiger partial charge in [0.05, 0.1) is 10.1 Å². The molecule has 0 rings (SSSR count). The molecule has 0 fully saturated rings. The van der Waals surface area contributed by atoms with E-state index in [-0.39, 0.29) is 34.8 Å². The molecule has 0 N–H and O–H groups in total. The van der Waals surface area contributed by atoms with Crippen LogP contribution in [0.2, 0.25) is 0 Å². The zero-order chi connectivity index (χ0) is 6.78. The van der Waals surface area contributed by atoms with Crippen molar-refractivity contribution in [2.75, 3.05) is 5.75 Å². The van der Waals surface area contributed by atoms with Crippen LogP contribution < -0.4 is 29.6 Å². The van der Waals surface area contributed by atoms with Gasteiger partial charge >= 0.3 is 29.6 Å². The second-order valence-electron chi connectivity index (χ2n) is 1.57. The third-order valence-corrected chi connectivity index (χ3v) is 1.78. The molecule has 0 aromatic carbocycles. The number of hydrogen-bond donors (Lipinski definition) is 1. The number of thiol groups is 1. The van der Waals surface area contributed by atoms with E-state index in [9.17, 15) is 13.0 Å². The van der Waals surface area contributed by atoms with Crippen molar-refractivity contribution in [3.05, 3.63) is 0 Å². The van der Waals surface area contributed by atoms with Crippen molar-refractivity contribution in [2.24, 2.45) is 0 Å². The molecule has 0 radical (unpaired) electrons. The Labute approximate surface area is 82.7 Å². The average molecular weight is 178 g/mol. The maximum Gasteiger partial charge on any atom is 1.00 e. The van der Waals surface area contributed by atoms with Crippen LogP contribution in [0.4, 0.5) is 0 Å². The average Bonchev–Trinajstić information content (AvgIpc) is 1.21. The molecule has 0 aliphatic carbocycles. The van der Waals surface area contributed by atoms with Gasteiger partial charge in [0, 0.05) is 11.0 Å². The van der Waals surface area contributed by atoms with Crippen molar-refractivity contribution in [2.45, 2.75) is 12.2 Å². The first-order valence-electron chi connectivity index (χ1n) is 2.03. The van der Waals surface area contributed by atoms with Crippen LogP contribution in [-0.2, 0) is 10.1 Å². The molecule has 0 saturated heterocycles. The van der Waals surface area contributed by atoms with Gasteiger partial charge in [-0.15, -0.1) is 0 Å². The second-order valence-corrected chi connectivity index (χ2v) is 3.90. The van der Waals surface area contributed by atoms with E-state index < -0.39 is 15.9 Å². The summed E-state index contributed by atoms with van der Waals surface area (Å²) in [6.07, 6.45) is 0. The molecular formula is C3H7NaO3S2. The minimum absolute atomic E-state index is 0. The van der Waals surface area contributed by atoms with Crippen molar-refractivity contribution in [1.29, 1.82) is 0 Å². The molecule has 0 saturated carbocycles. The van der Waals surface area contributed by atoms with E-state index in [0.717, 1.165) is 0 Å². The smallest absolute Gasteiger partial charge is 0.748 e. The molecule has 6 heteroatoms. The van der Waals surface area contributed by atoms with E-state index >= 15 is 0 Å². The van der Waals surface area contributed by atoms with Crippen LogP contribution in [0.5, 0.6) is 0 Å². The second kappa shape index (κ2) is 4.98. The predicted molar refractivity (Wildman–Crippen MR) is 33.0 cm³/mol.